The third-order valence-corrected chi connectivity index (χ3v) is 3.66. The second kappa shape index (κ2) is 4.53. The molecule has 1 N–H and O–H groups in total. The number of hydrogen-bond donors (Lipinski definition) is 1. The van der Waals surface area contributed by atoms with Crippen molar-refractivity contribution < 1.29 is 19.3 Å². The highest BCUT2D eigenvalue weighted by molar-refractivity contribution is 5.27. The molecular formula is C13H17N3O4. The zero-order valence-electron chi connectivity index (χ0n) is 11.6. The Morgan fingerprint density at radius 2 is 2.15 bits per heavy atom. The van der Waals surface area contributed by atoms with E-state index in [-0.39, 0.29) is 18.8 Å². The monoisotopic (exact) mass is 279 g/mol. The average molecular weight is 279 g/mol. The van der Waals surface area contributed by atoms with Gasteiger partial charge in [0.2, 0.25) is 0 Å². The van der Waals surface area contributed by atoms with Gasteiger partial charge in [-0.2, -0.15) is 5.26 Å². The fourth-order valence-electron chi connectivity index (χ4n) is 2.82. The van der Waals surface area contributed by atoms with Gasteiger partial charge in [0.25, 0.3) is 0 Å². The van der Waals surface area contributed by atoms with E-state index >= 15 is 0 Å². The number of ether oxygens (including phenoxy) is 3. The van der Waals surface area contributed by atoms with E-state index in [2.05, 4.69) is 11.1 Å². The van der Waals surface area contributed by atoms with Crippen molar-refractivity contribution in [2.45, 2.75) is 51.1 Å². The van der Waals surface area contributed by atoms with Gasteiger partial charge in [-0.1, -0.05) is 0 Å². The molecule has 20 heavy (non-hydrogen) atoms. The van der Waals surface area contributed by atoms with Crippen molar-refractivity contribution >= 4 is 0 Å². The summed E-state index contributed by atoms with van der Waals surface area (Å²) in [7, 11) is 0. The van der Waals surface area contributed by atoms with Crippen molar-refractivity contribution in [2.24, 2.45) is 0 Å². The predicted molar refractivity (Wildman–Crippen MR) is 66.5 cm³/mol. The molecule has 3 heterocycles. The number of hydrogen-bond acceptors (Lipinski definition) is 6. The van der Waals surface area contributed by atoms with Gasteiger partial charge in [-0.3, -0.25) is 4.57 Å². The van der Waals surface area contributed by atoms with Gasteiger partial charge in [0, 0.05) is 0 Å². The third-order valence-electron chi connectivity index (χ3n) is 3.66. The number of aliphatic hydroxyl groups is 1. The summed E-state index contributed by atoms with van der Waals surface area (Å²) in [4.78, 5) is 4.13. The van der Waals surface area contributed by atoms with Gasteiger partial charge in [0.05, 0.1) is 18.6 Å². The van der Waals surface area contributed by atoms with E-state index in [0.717, 1.165) is 0 Å². The zero-order valence-corrected chi connectivity index (χ0v) is 11.6. The first-order valence-electron chi connectivity index (χ1n) is 6.52. The molecule has 1 aromatic rings. The first kappa shape index (κ1) is 13.5. The first-order chi connectivity index (χ1) is 9.46. The molecule has 0 aliphatic carbocycles. The number of aliphatic hydroxyl groups excluding tert-OH is 1. The minimum absolute atomic E-state index is 0.160. The maximum Gasteiger partial charge on any atom is 0.165 e. The number of nitrogens with zero attached hydrogens (tertiary/aromatic N) is 3. The average Bonchev–Trinajstić information content (AvgIpc) is 2.99. The van der Waals surface area contributed by atoms with Crippen LogP contribution in [0.1, 0.15) is 31.5 Å². The summed E-state index contributed by atoms with van der Waals surface area (Å²) in [6.45, 7) is 5.25. The van der Waals surface area contributed by atoms with Crippen LogP contribution in [0.5, 0.6) is 0 Å². The van der Waals surface area contributed by atoms with E-state index in [1.807, 2.05) is 13.8 Å². The summed E-state index contributed by atoms with van der Waals surface area (Å²) in [6.07, 6.45) is -0.155. The minimum atomic E-state index is -0.729. The normalized spacial score (nSPS) is 35.0. The fraction of sp³-hybridized carbons (Fsp3) is 0.692. The van der Waals surface area contributed by atoms with Gasteiger partial charge in [0.1, 0.15) is 30.1 Å². The SMILES string of the molecule is Cc1ncn([C@@H]2O[C@H](CO)[C@H]3OC(C)(C)O[C@H]32)c1C#N. The molecule has 2 saturated heterocycles. The van der Waals surface area contributed by atoms with Crippen molar-refractivity contribution in [3.05, 3.63) is 17.7 Å². The van der Waals surface area contributed by atoms with Crippen molar-refractivity contribution in [1.82, 2.24) is 9.55 Å². The second-order valence-electron chi connectivity index (χ2n) is 5.51. The van der Waals surface area contributed by atoms with Gasteiger partial charge < -0.3 is 19.3 Å². The molecule has 1 aromatic heterocycles. The van der Waals surface area contributed by atoms with E-state index in [1.54, 1.807) is 17.8 Å². The Balaban J connectivity index is 1.96. The molecule has 2 aliphatic rings. The Morgan fingerprint density at radius 3 is 2.80 bits per heavy atom. The number of rotatable bonds is 2. The molecule has 3 rings (SSSR count). The van der Waals surface area contributed by atoms with Crippen LogP contribution in [0, 0.1) is 18.3 Å². The largest absolute Gasteiger partial charge is 0.394 e. The smallest absolute Gasteiger partial charge is 0.165 e. The summed E-state index contributed by atoms with van der Waals surface area (Å²) >= 11 is 0. The molecule has 108 valence electrons. The highest BCUT2D eigenvalue weighted by Crippen LogP contribution is 2.43. The van der Waals surface area contributed by atoms with Crippen LogP contribution >= 0.6 is 0 Å². The van der Waals surface area contributed by atoms with Gasteiger partial charge in [0.15, 0.2) is 12.0 Å². The molecule has 0 amide bonds. The van der Waals surface area contributed by atoms with Gasteiger partial charge in [-0.25, -0.2) is 4.98 Å². The highest BCUT2D eigenvalue weighted by Gasteiger charge is 2.55. The van der Waals surface area contributed by atoms with Crippen LogP contribution in [-0.4, -0.2) is 45.4 Å². The maximum atomic E-state index is 9.43. The zero-order chi connectivity index (χ0) is 14.5. The van der Waals surface area contributed by atoms with Crippen LogP contribution in [0.2, 0.25) is 0 Å². The lowest BCUT2D eigenvalue weighted by molar-refractivity contribution is -0.200. The van der Waals surface area contributed by atoms with Crippen LogP contribution in [0.3, 0.4) is 0 Å². The van der Waals surface area contributed by atoms with Gasteiger partial charge in [-0.05, 0) is 20.8 Å². The molecule has 0 saturated carbocycles. The Bertz CT molecular complexity index is 562. The molecule has 0 aromatic carbocycles. The number of fused-ring (bicyclic) bond motifs is 1. The Labute approximate surface area is 116 Å². The first-order valence-corrected chi connectivity index (χ1v) is 6.52. The van der Waals surface area contributed by atoms with Crippen LogP contribution < -0.4 is 0 Å². The van der Waals surface area contributed by atoms with E-state index < -0.39 is 18.1 Å². The Morgan fingerprint density at radius 1 is 1.45 bits per heavy atom. The van der Waals surface area contributed by atoms with E-state index in [0.29, 0.717) is 11.4 Å². The summed E-state index contributed by atoms with van der Waals surface area (Å²) < 4.78 is 19.1. The van der Waals surface area contributed by atoms with E-state index in [4.69, 9.17) is 14.2 Å². The summed E-state index contributed by atoms with van der Waals surface area (Å²) in [5.74, 6) is -0.729. The predicted octanol–water partition coefficient (Wildman–Crippen LogP) is 0.473. The van der Waals surface area contributed by atoms with Crippen molar-refractivity contribution in [3.8, 4) is 6.07 Å². The summed E-state index contributed by atoms with van der Waals surface area (Å²) in [5.41, 5.74) is 1.07. The number of aryl methyl sites for hydroxylation is 1. The van der Waals surface area contributed by atoms with Crippen LogP contribution in [0.4, 0.5) is 0 Å². The number of nitriles is 1. The quantitative estimate of drug-likeness (QED) is 0.846. The lowest BCUT2D eigenvalue weighted by Crippen LogP contribution is -2.31. The molecule has 0 radical (unpaired) electrons. The van der Waals surface area contributed by atoms with Crippen LogP contribution in [-0.2, 0) is 14.2 Å². The molecule has 7 heteroatoms. The van der Waals surface area contributed by atoms with Crippen molar-refractivity contribution in [3.63, 3.8) is 0 Å². The fourth-order valence-corrected chi connectivity index (χ4v) is 2.82. The summed E-state index contributed by atoms with van der Waals surface area (Å²) in [6, 6.07) is 2.12. The molecule has 2 fully saturated rings. The van der Waals surface area contributed by atoms with E-state index in [9.17, 15) is 10.4 Å². The van der Waals surface area contributed by atoms with Gasteiger partial charge in [-0.15, -0.1) is 0 Å². The molecular weight excluding hydrogens is 262 g/mol. The van der Waals surface area contributed by atoms with Crippen molar-refractivity contribution in [2.75, 3.05) is 6.61 Å². The second-order valence-corrected chi connectivity index (χ2v) is 5.51. The highest BCUT2D eigenvalue weighted by atomic mass is 16.8. The lowest BCUT2D eigenvalue weighted by Gasteiger charge is -2.24. The minimum Gasteiger partial charge on any atom is -0.394 e. The number of imidazole rings is 1. The van der Waals surface area contributed by atoms with Gasteiger partial charge >= 0.3 is 0 Å². The topological polar surface area (TPSA) is 89.5 Å². The number of aromatic nitrogens is 2. The third kappa shape index (κ3) is 1.93. The van der Waals surface area contributed by atoms with E-state index in [1.165, 1.54) is 0 Å². The van der Waals surface area contributed by atoms with Crippen LogP contribution in [0.15, 0.2) is 6.33 Å². The maximum absolute atomic E-state index is 9.43. The Kier molecular flexibility index (Phi) is 3.06. The molecule has 0 unspecified atom stereocenters. The van der Waals surface area contributed by atoms with Crippen LogP contribution in [0.25, 0.3) is 0 Å². The van der Waals surface area contributed by atoms with Crippen molar-refractivity contribution in [1.29, 1.82) is 5.26 Å². The molecule has 2 aliphatic heterocycles. The molecule has 0 spiro atoms. The molecule has 7 nitrogen and oxygen atoms in total. The molecule has 4 atom stereocenters. The lowest BCUT2D eigenvalue weighted by atomic mass is 10.1. The molecule has 0 bridgehead atoms. The Hall–Kier alpha value is -1.46. The standard InChI is InChI=1S/C13H17N3O4/c1-7-8(4-14)16(6-15-7)12-11-10(9(5-17)18-12)19-13(2,3)20-11/h6,9-12,17H,5H2,1-3H3/t9-,10-,11-,12-/m1/s1. The summed E-state index contributed by atoms with van der Waals surface area (Å²) in [5, 5.41) is 18.7.